The van der Waals surface area contributed by atoms with E-state index >= 15 is 0 Å². The summed E-state index contributed by atoms with van der Waals surface area (Å²) in [6.07, 6.45) is 0.767. The molecule has 1 amide bonds. The van der Waals surface area contributed by atoms with Gasteiger partial charge in [0.2, 0.25) is 5.91 Å². The van der Waals surface area contributed by atoms with E-state index in [1.54, 1.807) is 4.90 Å². The third-order valence-corrected chi connectivity index (χ3v) is 2.09. The Morgan fingerprint density at radius 3 is 2.69 bits per heavy atom. The van der Waals surface area contributed by atoms with Gasteiger partial charge in [0.05, 0.1) is 0 Å². The molecule has 0 saturated carbocycles. The predicted molar refractivity (Wildman–Crippen MR) is 54.4 cm³/mol. The Hall–Kier alpha value is -0.610. The predicted octanol–water partition coefficient (Wildman–Crippen LogP) is -0.351. The van der Waals surface area contributed by atoms with Crippen LogP contribution in [0.4, 0.5) is 0 Å². The molecular weight excluding hydrogens is 166 g/mol. The monoisotopic (exact) mass is 187 g/mol. The van der Waals surface area contributed by atoms with Crippen LogP contribution in [0.2, 0.25) is 0 Å². The summed E-state index contributed by atoms with van der Waals surface area (Å²) in [4.78, 5) is 13.3. The molecule has 0 aliphatic rings. The highest BCUT2D eigenvalue weighted by molar-refractivity contribution is 5.78. The van der Waals surface area contributed by atoms with E-state index in [0.29, 0.717) is 6.54 Å². The molecule has 13 heavy (non-hydrogen) atoms. The van der Waals surface area contributed by atoms with Crippen molar-refractivity contribution in [3.63, 3.8) is 0 Å². The van der Waals surface area contributed by atoms with Crippen LogP contribution < -0.4 is 11.1 Å². The smallest absolute Gasteiger partial charge is 0.225 e. The van der Waals surface area contributed by atoms with E-state index in [4.69, 9.17) is 5.73 Å². The molecule has 0 spiro atoms. The number of hydrogen-bond donors (Lipinski definition) is 2. The fourth-order valence-corrected chi connectivity index (χ4v) is 1.14. The standard InChI is InChI=1S/C9H21N3O/c1-8(4-5-10)9(13)12(3)7-6-11-2/h8,11H,4-7,10H2,1-3H3. The van der Waals surface area contributed by atoms with Crippen molar-refractivity contribution in [2.75, 3.05) is 33.7 Å². The number of nitrogens with two attached hydrogens (primary N) is 1. The lowest BCUT2D eigenvalue weighted by Crippen LogP contribution is -2.36. The van der Waals surface area contributed by atoms with Crippen molar-refractivity contribution < 1.29 is 4.79 Å². The molecule has 4 nitrogen and oxygen atoms in total. The number of likely N-dealkylation sites (N-methyl/N-ethyl adjacent to an activating group) is 2. The highest BCUT2D eigenvalue weighted by Crippen LogP contribution is 2.03. The lowest BCUT2D eigenvalue weighted by Gasteiger charge is -2.20. The van der Waals surface area contributed by atoms with Gasteiger partial charge in [-0.2, -0.15) is 0 Å². The average Bonchev–Trinajstić information content (AvgIpc) is 2.13. The minimum absolute atomic E-state index is 0.0480. The fraction of sp³-hybridized carbons (Fsp3) is 0.889. The van der Waals surface area contributed by atoms with E-state index in [1.807, 2.05) is 21.0 Å². The molecule has 78 valence electrons. The van der Waals surface area contributed by atoms with Crippen LogP contribution in [-0.4, -0.2) is 44.5 Å². The molecule has 0 aromatic heterocycles. The van der Waals surface area contributed by atoms with Crippen LogP contribution in [0.3, 0.4) is 0 Å². The van der Waals surface area contributed by atoms with Gasteiger partial charge in [-0.1, -0.05) is 6.92 Å². The molecule has 4 heteroatoms. The Morgan fingerprint density at radius 1 is 1.62 bits per heavy atom. The van der Waals surface area contributed by atoms with Crippen LogP contribution in [0.5, 0.6) is 0 Å². The Labute approximate surface area is 80.5 Å². The van der Waals surface area contributed by atoms with Gasteiger partial charge >= 0.3 is 0 Å². The van der Waals surface area contributed by atoms with E-state index in [2.05, 4.69) is 5.32 Å². The summed E-state index contributed by atoms with van der Waals surface area (Å²) in [5, 5.41) is 3.01. The molecule has 0 aromatic rings. The quantitative estimate of drug-likeness (QED) is 0.597. The number of carbonyl (C=O) groups excluding carboxylic acids is 1. The van der Waals surface area contributed by atoms with Crippen molar-refractivity contribution >= 4 is 5.91 Å². The molecule has 0 saturated heterocycles. The van der Waals surface area contributed by atoms with Crippen molar-refractivity contribution in [2.24, 2.45) is 11.7 Å². The van der Waals surface area contributed by atoms with Crippen molar-refractivity contribution in [2.45, 2.75) is 13.3 Å². The molecule has 1 atom stereocenters. The third kappa shape index (κ3) is 4.85. The van der Waals surface area contributed by atoms with Crippen LogP contribution in [0.1, 0.15) is 13.3 Å². The molecule has 0 radical (unpaired) electrons. The maximum absolute atomic E-state index is 11.6. The summed E-state index contributed by atoms with van der Waals surface area (Å²) in [6.45, 7) is 4.08. The highest BCUT2D eigenvalue weighted by Gasteiger charge is 2.15. The first-order chi connectivity index (χ1) is 6.13. The lowest BCUT2D eigenvalue weighted by atomic mass is 10.1. The van der Waals surface area contributed by atoms with E-state index < -0.39 is 0 Å². The van der Waals surface area contributed by atoms with Crippen LogP contribution >= 0.6 is 0 Å². The largest absolute Gasteiger partial charge is 0.344 e. The second-order valence-corrected chi connectivity index (χ2v) is 3.34. The Balaban J connectivity index is 3.79. The lowest BCUT2D eigenvalue weighted by molar-refractivity contribution is -0.133. The van der Waals surface area contributed by atoms with E-state index in [0.717, 1.165) is 19.5 Å². The summed E-state index contributed by atoms with van der Waals surface area (Å²) in [5.41, 5.74) is 5.38. The number of hydrogen-bond acceptors (Lipinski definition) is 3. The van der Waals surface area contributed by atoms with Crippen molar-refractivity contribution in [1.82, 2.24) is 10.2 Å². The molecule has 0 aromatic carbocycles. The Kier molecular flexibility index (Phi) is 6.54. The molecule has 0 bridgehead atoms. The average molecular weight is 187 g/mol. The second kappa shape index (κ2) is 6.86. The van der Waals surface area contributed by atoms with Gasteiger partial charge in [0, 0.05) is 26.1 Å². The number of nitrogens with one attached hydrogen (secondary N) is 1. The minimum atomic E-state index is 0.0480. The second-order valence-electron chi connectivity index (χ2n) is 3.34. The van der Waals surface area contributed by atoms with Crippen LogP contribution in [0.25, 0.3) is 0 Å². The molecule has 0 aliphatic carbocycles. The van der Waals surface area contributed by atoms with E-state index in [1.165, 1.54) is 0 Å². The molecule has 0 fully saturated rings. The third-order valence-electron chi connectivity index (χ3n) is 2.09. The Morgan fingerprint density at radius 2 is 2.23 bits per heavy atom. The molecule has 0 rings (SSSR count). The summed E-state index contributed by atoms with van der Waals surface area (Å²) >= 11 is 0. The van der Waals surface area contributed by atoms with Crippen molar-refractivity contribution in [3.8, 4) is 0 Å². The van der Waals surface area contributed by atoms with E-state index in [9.17, 15) is 4.79 Å². The summed E-state index contributed by atoms with van der Waals surface area (Å²) in [6, 6.07) is 0. The zero-order valence-electron chi connectivity index (χ0n) is 8.84. The first kappa shape index (κ1) is 12.4. The van der Waals surface area contributed by atoms with Gasteiger partial charge in [0.25, 0.3) is 0 Å². The van der Waals surface area contributed by atoms with E-state index in [-0.39, 0.29) is 11.8 Å². The van der Waals surface area contributed by atoms with Crippen LogP contribution in [-0.2, 0) is 4.79 Å². The topological polar surface area (TPSA) is 58.4 Å². The van der Waals surface area contributed by atoms with Gasteiger partial charge in [0.15, 0.2) is 0 Å². The minimum Gasteiger partial charge on any atom is -0.344 e. The SMILES string of the molecule is CNCCN(C)C(=O)C(C)CCN. The van der Waals surface area contributed by atoms with Gasteiger partial charge in [0.1, 0.15) is 0 Å². The van der Waals surface area contributed by atoms with Crippen LogP contribution in [0.15, 0.2) is 0 Å². The molecular formula is C9H21N3O. The maximum atomic E-state index is 11.6. The number of carbonyl (C=O) groups is 1. The maximum Gasteiger partial charge on any atom is 0.225 e. The normalized spacial score (nSPS) is 12.6. The van der Waals surface area contributed by atoms with Crippen LogP contribution in [0, 0.1) is 5.92 Å². The number of rotatable bonds is 6. The summed E-state index contributed by atoms with van der Waals surface area (Å²) < 4.78 is 0. The van der Waals surface area contributed by atoms with Gasteiger partial charge in [-0.05, 0) is 20.0 Å². The molecule has 0 aliphatic heterocycles. The Bertz CT molecular complexity index is 150. The molecule has 3 N–H and O–H groups in total. The summed E-state index contributed by atoms with van der Waals surface area (Å²) in [7, 11) is 3.70. The fourth-order valence-electron chi connectivity index (χ4n) is 1.14. The van der Waals surface area contributed by atoms with Crippen molar-refractivity contribution in [3.05, 3.63) is 0 Å². The zero-order valence-corrected chi connectivity index (χ0v) is 8.84. The van der Waals surface area contributed by atoms with Gasteiger partial charge < -0.3 is 16.0 Å². The highest BCUT2D eigenvalue weighted by atomic mass is 16.2. The first-order valence-electron chi connectivity index (χ1n) is 4.73. The zero-order chi connectivity index (χ0) is 10.3. The summed E-state index contributed by atoms with van der Waals surface area (Å²) in [5.74, 6) is 0.229. The van der Waals surface area contributed by atoms with Crippen molar-refractivity contribution in [1.29, 1.82) is 0 Å². The number of amides is 1. The number of nitrogens with zero attached hydrogens (tertiary/aromatic N) is 1. The first-order valence-corrected chi connectivity index (χ1v) is 4.73. The molecule has 0 heterocycles. The van der Waals surface area contributed by atoms with Gasteiger partial charge in [-0.25, -0.2) is 0 Å². The molecule has 1 unspecified atom stereocenters. The van der Waals surface area contributed by atoms with Gasteiger partial charge in [-0.3, -0.25) is 4.79 Å². The van der Waals surface area contributed by atoms with Gasteiger partial charge in [-0.15, -0.1) is 0 Å².